The number of benzene rings is 2. The maximum Gasteiger partial charge on any atom is 0.413 e. The van der Waals surface area contributed by atoms with E-state index in [1.807, 2.05) is 42.5 Å². The lowest BCUT2D eigenvalue weighted by molar-refractivity contribution is 0.174. The summed E-state index contributed by atoms with van der Waals surface area (Å²) in [5.41, 5.74) is 2.40. The summed E-state index contributed by atoms with van der Waals surface area (Å²) >= 11 is 0. The van der Waals surface area contributed by atoms with Crippen LogP contribution in [0, 0.1) is 0 Å². The molecule has 1 N–H and O–H groups in total. The zero-order valence-corrected chi connectivity index (χ0v) is 14.4. The first-order valence-corrected chi connectivity index (χ1v) is 8.15. The fourth-order valence-electron chi connectivity index (χ4n) is 2.54. The van der Waals surface area contributed by atoms with E-state index in [2.05, 4.69) is 15.2 Å². The fraction of sp³-hybridized carbons (Fsp3) is 0.158. The highest BCUT2D eigenvalue weighted by Gasteiger charge is 2.13. The van der Waals surface area contributed by atoms with Crippen molar-refractivity contribution in [1.29, 1.82) is 0 Å². The van der Waals surface area contributed by atoms with E-state index in [-0.39, 0.29) is 12.7 Å². The molecule has 8 nitrogen and oxygen atoms in total. The van der Waals surface area contributed by atoms with E-state index in [0.717, 1.165) is 22.6 Å². The van der Waals surface area contributed by atoms with Crippen molar-refractivity contribution in [3.05, 3.63) is 54.1 Å². The Morgan fingerprint density at radius 2 is 1.93 bits per heavy atom. The highest BCUT2D eigenvalue weighted by Crippen LogP contribution is 2.33. The number of methoxy groups -OCH3 is 1. The average molecular weight is 368 g/mol. The van der Waals surface area contributed by atoms with E-state index in [4.69, 9.17) is 18.7 Å². The summed E-state index contributed by atoms with van der Waals surface area (Å²) in [5, 5.41) is 6.33. The summed E-state index contributed by atoms with van der Waals surface area (Å²) in [6.07, 6.45) is -0.620. The van der Waals surface area contributed by atoms with Gasteiger partial charge in [0.15, 0.2) is 11.5 Å². The van der Waals surface area contributed by atoms with Gasteiger partial charge in [-0.15, -0.1) is 0 Å². The molecule has 0 fully saturated rings. The van der Waals surface area contributed by atoms with Crippen molar-refractivity contribution in [1.82, 2.24) is 5.16 Å². The molecular formula is C19H16N2O6. The summed E-state index contributed by atoms with van der Waals surface area (Å²) in [7, 11) is 1.27. The molecule has 2 aromatic carbocycles. The van der Waals surface area contributed by atoms with Crippen molar-refractivity contribution in [3.63, 3.8) is 0 Å². The molecule has 4 rings (SSSR count). The molecule has 0 aliphatic carbocycles. The Morgan fingerprint density at radius 1 is 1.11 bits per heavy atom. The Morgan fingerprint density at radius 3 is 2.74 bits per heavy atom. The highest BCUT2D eigenvalue weighted by molar-refractivity contribution is 5.83. The second-order valence-corrected chi connectivity index (χ2v) is 5.69. The minimum absolute atomic E-state index is 0.208. The minimum Gasteiger partial charge on any atom is -0.489 e. The number of hydrogen-bond donors (Lipinski definition) is 1. The van der Waals surface area contributed by atoms with Crippen LogP contribution < -0.4 is 19.5 Å². The van der Waals surface area contributed by atoms with Gasteiger partial charge in [0, 0.05) is 11.6 Å². The molecule has 1 aliphatic heterocycles. The minimum atomic E-state index is -0.620. The third-order valence-electron chi connectivity index (χ3n) is 3.91. The van der Waals surface area contributed by atoms with Gasteiger partial charge in [-0.2, -0.15) is 0 Å². The molecule has 8 heteroatoms. The van der Waals surface area contributed by atoms with Gasteiger partial charge in [-0.05, 0) is 42.0 Å². The number of carbonyl (C=O) groups excluding carboxylic acids is 1. The lowest BCUT2D eigenvalue weighted by Crippen LogP contribution is -2.09. The molecule has 138 valence electrons. The Kier molecular flexibility index (Phi) is 4.52. The largest absolute Gasteiger partial charge is 0.489 e. The van der Waals surface area contributed by atoms with Crippen LogP contribution in [0.5, 0.6) is 17.2 Å². The zero-order chi connectivity index (χ0) is 18.6. The number of amides is 1. The first-order chi connectivity index (χ1) is 13.2. The lowest BCUT2D eigenvalue weighted by Gasteiger charge is -2.07. The van der Waals surface area contributed by atoms with Gasteiger partial charge < -0.3 is 23.5 Å². The lowest BCUT2D eigenvalue weighted by atomic mass is 10.1. The topological polar surface area (TPSA) is 92.1 Å². The first-order valence-electron chi connectivity index (χ1n) is 8.15. The Labute approximate surface area is 154 Å². The van der Waals surface area contributed by atoms with Crippen LogP contribution in [0.15, 0.2) is 53.1 Å². The van der Waals surface area contributed by atoms with Crippen molar-refractivity contribution >= 4 is 12.0 Å². The van der Waals surface area contributed by atoms with Gasteiger partial charge in [0.25, 0.3) is 0 Å². The number of anilines is 1. The monoisotopic (exact) mass is 368 g/mol. The van der Waals surface area contributed by atoms with Crippen molar-refractivity contribution < 1.29 is 28.3 Å². The van der Waals surface area contributed by atoms with Crippen molar-refractivity contribution in [2.24, 2.45) is 0 Å². The summed E-state index contributed by atoms with van der Waals surface area (Å²) < 4.78 is 26.0. The molecule has 0 atom stereocenters. The predicted molar refractivity (Wildman–Crippen MR) is 94.9 cm³/mol. The van der Waals surface area contributed by atoms with Gasteiger partial charge in [0.2, 0.25) is 12.7 Å². The molecule has 0 saturated carbocycles. The van der Waals surface area contributed by atoms with Crippen LogP contribution >= 0.6 is 0 Å². The number of aromatic nitrogens is 1. The number of hydrogen-bond acceptors (Lipinski definition) is 7. The number of fused-ring (bicyclic) bond motifs is 1. The van der Waals surface area contributed by atoms with Crippen LogP contribution in [-0.4, -0.2) is 25.2 Å². The number of nitrogens with one attached hydrogen (secondary N) is 1. The Bertz CT molecular complexity index is 951. The van der Waals surface area contributed by atoms with Crippen LogP contribution in [-0.2, 0) is 11.3 Å². The second-order valence-electron chi connectivity index (χ2n) is 5.69. The molecule has 0 saturated heterocycles. The fourth-order valence-corrected chi connectivity index (χ4v) is 2.54. The smallest absolute Gasteiger partial charge is 0.413 e. The maximum atomic E-state index is 11.2. The van der Waals surface area contributed by atoms with E-state index in [1.54, 1.807) is 6.07 Å². The van der Waals surface area contributed by atoms with E-state index in [1.165, 1.54) is 7.11 Å². The number of rotatable bonds is 5. The normalized spacial score (nSPS) is 11.9. The molecule has 3 aromatic rings. The standard InChI is InChI=1S/C19H16N2O6/c1-23-19(22)20-18-9-15(21-27-18)13-3-5-14(6-4-13)24-10-12-2-7-16-17(8-12)26-11-25-16/h2-9H,10-11H2,1H3,(H,20,22). The molecule has 0 radical (unpaired) electrons. The van der Waals surface area contributed by atoms with Crippen molar-refractivity contribution in [2.75, 3.05) is 19.2 Å². The van der Waals surface area contributed by atoms with Crippen molar-refractivity contribution in [2.45, 2.75) is 6.61 Å². The third kappa shape index (κ3) is 3.79. The summed E-state index contributed by atoms with van der Waals surface area (Å²) in [4.78, 5) is 11.2. The Hall–Kier alpha value is -3.68. The van der Waals surface area contributed by atoms with E-state index in [0.29, 0.717) is 18.1 Å². The molecular weight excluding hydrogens is 352 g/mol. The van der Waals surface area contributed by atoms with Gasteiger partial charge in [-0.1, -0.05) is 11.2 Å². The zero-order valence-electron chi connectivity index (χ0n) is 14.4. The van der Waals surface area contributed by atoms with Gasteiger partial charge >= 0.3 is 6.09 Å². The summed E-state index contributed by atoms with van der Waals surface area (Å²) in [6.45, 7) is 0.660. The Balaban J connectivity index is 1.38. The molecule has 2 heterocycles. The average Bonchev–Trinajstić information content (AvgIpc) is 3.35. The van der Waals surface area contributed by atoms with Gasteiger partial charge in [0.1, 0.15) is 18.1 Å². The quantitative estimate of drug-likeness (QED) is 0.732. The number of nitrogens with zero attached hydrogens (tertiary/aromatic N) is 1. The molecule has 1 aliphatic rings. The molecule has 0 spiro atoms. The van der Waals surface area contributed by atoms with Crippen LogP contribution in [0.1, 0.15) is 5.56 Å². The number of carbonyl (C=O) groups is 1. The third-order valence-corrected chi connectivity index (χ3v) is 3.91. The van der Waals surface area contributed by atoms with Gasteiger partial charge in [-0.3, -0.25) is 5.32 Å². The molecule has 1 aromatic heterocycles. The van der Waals surface area contributed by atoms with E-state index in [9.17, 15) is 4.79 Å². The maximum absolute atomic E-state index is 11.2. The van der Waals surface area contributed by atoms with E-state index < -0.39 is 6.09 Å². The van der Waals surface area contributed by atoms with Crippen LogP contribution in [0.2, 0.25) is 0 Å². The molecule has 0 bridgehead atoms. The van der Waals surface area contributed by atoms with E-state index >= 15 is 0 Å². The molecule has 27 heavy (non-hydrogen) atoms. The van der Waals surface area contributed by atoms with Gasteiger partial charge in [0.05, 0.1) is 7.11 Å². The van der Waals surface area contributed by atoms with Crippen LogP contribution in [0.25, 0.3) is 11.3 Å². The van der Waals surface area contributed by atoms with Crippen molar-refractivity contribution in [3.8, 4) is 28.5 Å². The predicted octanol–water partition coefficient (Wildman–Crippen LogP) is 3.83. The molecule has 1 amide bonds. The second kappa shape index (κ2) is 7.28. The van der Waals surface area contributed by atoms with Gasteiger partial charge in [-0.25, -0.2) is 4.79 Å². The highest BCUT2D eigenvalue weighted by atomic mass is 16.7. The van der Waals surface area contributed by atoms with Crippen LogP contribution in [0.4, 0.5) is 10.7 Å². The van der Waals surface area contributed by atoms with Crippen LogP contribution in [0.3, 0.4) is 0 Å². The summed E-state index contributed by atoms with van der Waals surface area (Å²) in [5.74, 6) is 2.40. The number of ether oxygens (including phenoxy) is 4. The molecule has 0 unspecified atom stereocenters. The summed E-state index contributed by atoms with van der Waals surface area (Å²) in [6, 6.07) is 14.7. The SMILES string of the molecule is COC(=O)Nc1cc(-c2ccc(OCc3ccc4c(c3)OCO4)cc2)no1. The first kappa shape index (κ1) is 16.8.